The van der Waals surface area contributed by atoms with Crippen LogP contribution in [0.1, 0.15) is 0 Å². The summed E-state index contributed by atoms with van der Waals surface area (Å²) in [4.78, 5) is 27.5. The molecular weight excluding hydrogens is 792 g/mol. The molecule has 0 N–H and O–H groups in total. The predicted molar refractivity (Wildman–Crippen MR) is 174 cm³/mol. The molecule has 0 aromatic heterocycles. The molecule has 0 saturated heterocycles. The van der Waals surface area contributed by atoms with Gasteiger partial charge in [-0.1, -0.05) is 22.0 Å². The van der Waals surface area contributed by atoms with Gasteiger partial charge < -0.3 is 0 Å². The Morgan fingerprint density at radius 3 is 1.46 bits per heavy atom. The van der Waals surface area contributed by atoms with Gasteiger partial charge >= 0.3 is 0 Å². The second-order valence-corrected chi connectivity index (χ2v) is 13.7. The molecule has 8 aromatic rings. The molecule has 0 aliphatic heterocycles. The monoisotopic (exact) mass is 796 g/mol. The first-order valence-corrected chi connectivity index (χ1v) is 15.3. The third-order valence-electron chi connectivity index (χ3n) is 7.61. The van der Waals surface area contributed by atoms with Gasteiger partial charge in [-0.05, 0) is 155 Å². The van der Waals surface area contributed by atoms with Crippen molar-refractivity contribution in [1.29, 1.82) is 0 Å². The van der Waals surface area contributed by atoms with Gasteiger partial charge in [0.2, 0.25) is 0 Å². The summed E-state index contributed by atoms with van der Waals surface area (Å²) in [7, 11) is 0. The number of hydrogen-bond acceptors (Lipinski definition) is 2. The van der Waals surface area contributed by atoms with Gasteiger partial charge in [-0.3, -0.25) is 9.59 Å². The molecule has 8 aromatic carbocycles. The number of fused-ring (bicyclic) bond motifs is 4. The van der Waals surface area contributed by atoms with Crippen molar-refractivity contribution in [3.63, 3.8) is 0 Å². The lowest BCUT2D eigenvalue weighted by Crippen LogP contribution is -2.06. The van der Waals surface area contributed by atoms with Crippen LogP contribution in [0, 0.1) is 0 Å². The number of rotatable bonds is 0. The summed E-state index contributed by atoms with van der Waals surface area (Å²) in [6.45, 7) is 0. The number of hydrogen-bond donors (Lipinski definition) is 0. The largest absolute Gasteiger partial charge is 0.289 e. The van der Waals surface area contributed by atoms with Gasteiger partial charge in [-0.25, -0.2) is 0 Å². The van der Waals surface area contributed by atoms with Crippen LogP contribution >= 0.6 is 79.6 Å². The molecule has 7 heteroatoms. The summed E-state index contributed by atoms with van der Waals surface area (Å²) >= 11 is 18.2. The fourth-order valence-corrected chi connectivity index (χ4v) is 7.99. The Morgan fingerprint density at radius 2 is 0.838 bits per heavy atom. The molecule has 0 spiro atoms. The fraction of sp³-hybridized carbons (Fsp3) is 0. The van der Waals surface area contributed by atoms with E-state index in [1.807, 2.05) is 42.5 Å². The Bertz CT molecular complexity index is 2450. The molecular formula is C30H9Br5O2. The minimum Gasteiger partial charge on any atom is -0.289 e. The molecule has 0 fully saturated rings. The van der Waals surface area contributed by atoms with E-state index in [-0.39, 0.29) is 10.9 Å². The summed E-state index contributed by atoms with van der Waals surface area (Å²) in [6, 6.07) is 18.1. The van der Waals surface area contributed by atoms with E-state index >= 15 is 0 Å². The van der Waals surface area contributed by atoms with Crippen molar-refractivity contribution >= 4 is 155 Å². The van der Waals surface area contributed by atoms with E-state index in [1.165, 1.54) is 0 Å². The van der Waals surface area contributed by atoms with Crippen molar-refractivity contribution in [2.45, 2.75) is 0 Å². The molecule has 0 aliphatic carbocycles. The van der Waals surface area contributed by atoms with Gasteiger partial charge in [-0.2, -0.15) is 0 Å². The normalized spacial score (nSPS) is 12.7. The molecule has 176 valence electrons. The highest BCUT2D eigenvalue weighted by molar-refractivity contribution is 9.13. The van der Waals surface area contributed by atoms with Crippen LogP contribution in [0.25, 0.3) is 75.4 Å². The Morgan fingerprint density at radius 1 is 0.351 bits per heavy atom. The van der Waals surface area contributed by atoms with Crippen LogP contribution in [-0.4, -0.2) is 0 Å². The first kappa shape index (κ1) is 23.0. The van der Waals surface area contributed by atoms with E-state index in [0.717, 1.165) is 76.2 Å². The van der Waals surface area contributed by atoms with Crippen molar-refractivity contribution in [1.82, 2.24) is 0 Å². The zero-order valence-electron chi connectivity index (χ0n) is 18.4. The number of halogens is 5. The Balaban J connectivity index is 1.77. The lowest BCUT2D eigenvalue weighted by atomic mass is 9.84. The van der Waals surface area contributed by atoms with E-state index < -0.39 is 0 Å². The van der Waals surface area contributed by atoms with Crippen LogP contribution in [0.2, 0.25) is 0 Å². The lowest BCUT2D eigenvalue weighted by molar-refractivity contribution is 1.64. The highest BCUT2D eigenvalue weighted by Gasteiger charge is 2.23. The van der Waals surface area contributed by atoms with E-state index in [0.29, 0.717) is 21.5 Å². The zero-order valence-corrected chi connectivity index (χ0v) is 26.3. The molecule has 0 aliphatic rings. The molecule has 0 saturated carbocycles. The second-order valence-electron chi connectivity index (χ2n) is 9.42. The van der Waals surface area contributed by atoms with Gasteiger partial charge in [0.05, 0.1) is 0 Å². The van der Waals surface area contributed by atoms with Crippen LogP contribution in [0.15, 0.2) is 86.5 Å². The smallest absolute Gasteiger partial charge is 0.194 e. The molecule has 0 heterocycles. The third-order valence-corrected chi connectivity index (χ3v) is 12.0. The van der Waals surface area contributed by atoms with Gasteiger partial charge in [0.25, 0.3) is 0 Å². The maximum Gasteiger partial charge on any atom is 0.194 e. The fourth-order valence-electron chi connectivity index (χ4n) is 6.08. The molecule has 0 unspecified atom stereocenters. The lowest BCUT2D eigenvalue weighted by Gasteiger charge is -2.20. The Kier molecular flexibility index (Phi) is 4.73. The number of benzene rings is 8. The van der Waals surface area contributed by atoms with E-state index in [1.54, 1.807) is 0 Å². The predicted octanol–water partition coefficient (Wildman–Crippen LogP) is 10.6. The van der Waals surface area contributed by atoms with Crippen LogP contribution in [0.4, 0.5) is 0 Å². The average Bonchev–Trinajstić information content (AvgIpc) is 2.88. The second kappa shape index (κ2) is 7.60. The van der Waals surface area contributed by atoms with Gasteiger partial charge in [0, 0.05) is 54.7 Å². The summed E-state index contributed by atoms with van der Waals surface area (Å²) in [5, 5.41) is 12.6. The topological polar surface area (TPSA) is 34.1 Å². The van der Waals surface area contributed by atoms with Crippen LogP contribution in [0.3, 0.4) is 0 Å². The van der Waals surface area contributed by atoms with E-state index in [9.17, 15) is 9.59 Å². The summed E-state index contributed by atoms with van der Waals surface area (Å²) in [5.41, 5.74) is 0.00696. The molecule has 8 rings (SSSR count). The Labute approximate surface area is 250 Å². The minimum absolute atomic E-state index is 0.00271. The molecule has 0 amide bonds. The van der Waals surface area contributed by atoms with Crippen molar-refractivity contribution < 1.29 is 0 Å². The maximum atomic E-state index is 13.8. The highest BCUT2D eigenvalue weighted by atomic mass is 79.9. The summed E-state index contributed by atoms with van der Waals surface area (Å²) < 4.78 is 4.33. The quantitative estimate of drug-likeness (QED) is 0.113. The Hall–Kier alpha value is -1.90. The van der Waals surface area contributed by atoms with Crippen molar-refractivity contribution in [2.24, 2.45) is 0 Å². The molecule has 37 heavy (non-hydrogen) atoms. The molecule has 2 nitrogen and oxygen atoms in total. The van der Waals surface area contributed by atoms with Crippen molar-refractivity contribution in [2.75, 3.05) is 0 Å². The molecule has 0 radical (unpaired) electrons. The molecule has 0 atom stereocenters. The van der Waals surface area contributed by atoms with Crippen LogP contribution < -0.4 is 10.9 Å². The third kappa shape index (κ3) is 2.85. The first-order chi connectivity index (χ1) is 17.7. The summed E-state index contributed by atoms with van der Waals surface area (Å²) in [5.74, 6) is 0. The standard InChI is InChI=1S/C30H9Br5O2/c31-20-9-19-27-14(12-5-21(32)24(35)8-17(12)30(19)37)3-10-1-2-11-26-15(4-18(20)28(27)25(10)26)13-6-22(33)23(34)7-16(13)29(11)36/h1-9H. The highest BCUT2D eigenvalue weighted by Crippen LogP contribution is 2.48. The van der Waals surface area contributed by atoms with Crippen LogP contribution in [-0.2, 0) is 0 Å². The SMILES string of the molecule is O=c1c2cc(Br)c(Br)cc2c2cc3c(Br)cc4c(=O)c5cc(Br)c(Br)cc5c5cc6ccc1c2c6c3c45. The van der Waals surface area contributed by atoms with Gasteiger partial charge in [-0.15, -0.1) is 0 Å². The first-order valence-electron chi connectivity index (χ1n) is 11.3. The van der Waals surface area contributed by atoms with E-state index in [2.05, 4.69) is 91.8 Å². The average molecular weight is 801 g/mol. The van der Waals surface area contributed by atoms with E-state index in [4.69, 9.17) is 0 Å². The van der Waals surface area contributed by atoms with Gasteiger partial charge in [0.15, 0.2) is 10.9 Å². The van der Waals surface area contributed by atoms with Gasteiger partial charge in [0.1, 0.15) is 0 Å². The van der Waals surface area contributed by atoms with Crippen molar-refractivity contribution in [3.8, 4) is 0 Å². The van der Waals surface area contributed by atoms with Crippen molar-refractivity contribution in [3.05, 3.63) is 97.4 Å². The van der Waals surface area contributed by atoms with Crippen LogP contribution in [0.5, 0.6) is 0 Å². The summed E-state index contributed by atoms with van der Waals surface area (Å²) in [6.07, 6.45) is 0. The zero-order chi connectivity index (χ0) is 25.5. The maximum absolute atomic E-state index is 13.8. The molecule has 0 bridgehead atoms. The minimum atomic E-state index is -0.00271.